The predicted molar refractivity (Wildman–Crippen MR) is 133 cm³/mol. The molecule has 0 aliphatic carbocycles. The molecule has 0 unspecified atom stereocenters. The van der Waals surface area contributed by atoms with E-state index >= 15 is 0 Å². The van der Waals surface area contributed by atoms with E-state index in [0.29, 0.717) is 18.7 Å². The summed E-state index contributed by atoms with van der Waals surface area (Å²) < 4.78 is 26.0. The maximum absolute atomic E-state index is 12.3. The number of benzene rings is 2. The average Bonchev–Trinajstić information content (AvgIpc) is 3.26. The number of piperidine rings is 1. The van der Waals surface area contributed by atoms with Gasteiger partial charge in [-0.1, -0.05) is 24.3 Å². The Bertz CT molecular complexity index is 1240. The zero-order valence-corrected chi connectivity index (χ0v) is 20.0. The van der Waals surface area contributed by atoms with Crippen LogP contribution >= 0.6 is 0 Å². The molecule has 3 aromatic rings. The van der Waals surface area contributed by atoms with Crippen LogP contribution in [0.2, 0.25) is 0 Å². The molecule has 2 heterocycles. The van der Waals surface area contributed by atoms with E-state index in [1.165, 1.54) is 5.56 Å². The molecule has 0 bridgehead atoms. The van der Waals surface area contributed by atoms with Gasteiger partial charge in [-0.2, -0.15) is 0 Å². The first-order valence-electron chi connectivity index (χ1n) is 11.5. The van der Waals surface area contributed by atoms with Gasteiger partial charge in [0.1, 0.15) is 0 Å². The van der Waals surface area contributed by atoms with Crippen molar-refractivity contribution in [3.63, 3.8) is 0 Å². The average molecular weight is 469 g/mol. The third-order valence-electron chi connectivity index (χ3n) is 6.69. The van der Waals surface area contributed by atoms with E-state index in [9.17, 15) is 13.2 Å². The van der Waals surface area contributed by atoms with Crippen molar-refractivity contribution in [2.24, 2.45) is 5.73 Å². The van der Waals surface area contributed by atoms with E-state index in [2.05, 4.69) is 40.6 Å². The number of aromatic nitrogens is 1. The number of carbonyl (C=O) groups excluding carboxylic acids is 1. The van der Waals surface area contributed by atoms with Gasteiger partial charge in [-0.15, -0.1) is 0 Å². The highest BCUT2D eigenvalue weighted by Crippen LogP contribution is 2.37. The Balaban J connectivity index is 1.68. The Kier molecular flexibility index (Phi) is 6.88. The van der Waals surface area contributed by atoms with Gasteiger partial charge >= 0.3 is 0 Å². The zero-order chi connectivity index (χ0) is 23.6. The minimum absolute atomic E-state index is 0.129. The number of fused-ring (bicyclic) bond motifs is 1. The molecule has 1 aliphatic rings. The van der Waals surface area contributed by atoms with Crippen LogP contribution in [0.15, 0.2) is 42.6 Å². The number of sulfonamides is 1. The summed E-state index contributed by atoms with van der Waals surface area (Å²) in [6.45, 7) is 3.64. The Morgan fingerprint density at radius 2 is 1.85 bits per heavy atom. The highest BCUT2D eigenvalue weighted by Gasteiger charge is 2.29. The van der Waals surface area contributed by atoms with Crippen molar-refractivity contribution in [1.82, 2.24) is 14.6 Å². The van der Waals surface area contributed by atoms with E-state index in [0.717, 1.165) is 53.4 Å². The van der Waals surface area contributed by atoms with Crippen LogP contribution in [0.3, 0.4) is 0 Å². The van der Waals surface area contributed by atoms with E-state index in [4.69, 9.17) is 5.73 Å². The van der Waals surface area contributed by atoms with E-state index < -0.39 is 15.9 Å². The summed E-state index contributed by atoms with van der Waals surface area (Å²) in [6.07, 6.45) is 4.41. The molecule has 0 saturated carbocycles. The summed E-state index contributed by atoms with van der Waals surface area (Å²) in [4.78, 5) is 15.5. The molecule has 1 aliphatic heterocycles. The number of rotatable bonds is 8. The van der Waals surface area contributed by atoms with Crippen LogP contribution in [-0.2, 0) is 16.4 Å². The Hall–Kier alpha value is -2.68. The number of H-pyrrole nitrogens is 1. The van der Waals surface area contributed by atoms with Gasteiger partial charge < -0.3 is 16.0 Å². The summed E-state index contributed by atoms with van der Waals surface area (Å²) in [6, 6.07) is 12.4. The molecule has 1 aromatic heterocycles. The predicted octanol–water partition coefficient (Wildman–Crippen LogP) is 3.22. The molecule has 8 heteroatoms. The fourth-order valence-electron chi connectivity index (χ4n) is 4.71. The largest absolute Gasteiger partial charge is 0.366 e. The van der Waals surface area contributed by atoms with E-state index in [-0.39, 0.29) is 11.7 Å². The Labute approximate surface area is 195 Å². The summed E-state index contributed by atoms with van der Waals surface area (Å²) in [5, 5.41) is 4.14. The number of amides is 1. The first kappa shape index (κ1) is 23.5. The van der Waals surface area contributed by atoms with E-state index in [1.54, 1.807) is 11.2 Å². The lowest BCUT2D eigenvalue weighted by atomic mass is 9.88. The summed E-state index contributed by atoms with van der Waals surface area (Å²) >= 11 is 0. The number of aromatic amines is 1. The van der Waals surface area contributed by atoms with Crippen molar-refractivity contribution >= 4 is 26.8 Å². The van der Waals surface area contributed by atoms with Crippen LogP contribution in [0.25, 0.3) is 22.0 Å². The van der Waals surface area contributed by atoms with Crippen LogP contribution in [0.1, 0.15) is 47.2 Å². The minimum Gasteiger partial charge on any atom is -0.366 e. The fourth-order valence-corrected chi connectivity index (χ4v) is 5.84. The van der Waals surface area contributed by atoms with Gasteiger partial charge in [0.25, 0.3) is 5.91 Å². The molecule has 33 heavy (non-hydrogen) atoms. The molecule has 4 rings (SSSR count). The molecule has 7 nitrogen and oxygen atoms in total. The van der Waals surface area contributed by atoms with Gasteiger partial charge in [-0.3, -0.25) is 4.79 Å². The number of carbonyl (C=O) groups is 1. The van der Waals surface area contributed by atoms with Crippen molar-refractivity contribution in [1.29, 1.82) is 0 Å². The summed E-state index contributed by atoms with van der Waals surface area (Å²) in [5.74, 6) is -0.115. The second-order valence-electron chi connectivity index (χ2n) is 8.68. The van der Waals surface area contributed by atoms with Crippen molar-refractivity contribution in [3.8, 4) is 11.1 Å². The van der Waals surface area contributed by atoms with Crippen molar-refractivity contribution in [2.45, 2.75) is 32.1 Å². The smallest absolute Gasteiger partial charge is 0.250 e. The number of hydrogen-bond donors (Lipinski definition) is 3. The van der Waals surface area contributed by atoms with Crippen molar-refractivity contribution in [3.05, 3.63) is 59.3 Å². The Morgan fingerprint density at radius 1 is 1.15 bits per heavy atom. The van der Waals surface area contributed by atoms with Crippen LogP contribution in [0, 0.1) is 0 Å². The molecule has 0 spiro atoms. The summed E-state index contributed by atoms with van der Waals surface area (Å²) in [5.41, 5.74) is 11.3. The van der Waals surface area contributed by atoms with Gasteiger partial charge in [0.2, 0.25) is 10.0 Å². The molecular formula is C25H32N4O3S. The van der Waals surface area contributed by atoms with Crippen molar-refractivity contribution in [2.75, 3.05) is 32.4 Å². The third-order valence-corrected chi connectivity index (χ3v) is 8.57. The lowest BCUT2D eigenvalue weighted by Crippen LogP contribution is -2.38. The second-order valence-corrected chi connectivity index (χ2v) is 10.9. The van der Waals surface area contributed by atoms with Crippen LogP contribution in [0.4, 0.5) is 0 Å². The molecular weight excluding hydrogens is 436 g/mol. The Morgan fingerprint density at radius 3 is 2.45 bits per heavy atom. The van der Waals surface area contributed by atoms with Crippen LogP contribution in [0.5, 0.6) is 0 Å². The van der Waals surface area contributed by atoms with Crippen LogP contribution in [-0.4, -0.2) is 56.0 Å². The van der Waals surface area contributed by atoms with Gasteiger partial charge in [0.15, 0.2) is 0 Å². The van der Waals surface area contributed by atoms with Crippen molar-refractivity contribution < 1.29 is 13.2 Å². The number of nitrogens with one attached hydrogen (secondary N) is 2. The monoisotopic (exact) mass is 468 g/mol. The van der Waals surface area contributed by atoms with E-state index in [1.807, 2.05) is 19.3 Å². The fraction of sp³-hybridized carbons (Fsp3) is 0.400. The lowest BCUT2D eigenvalue weighted by Gasteiger charge is -2.31. The van der Waals surface area contributed by atoms with Crippen LogP contribution < -0.4 is 11.1 Å². The zero-order valence-electron chi connectivity index (χ0n) is 19.2. The highest BCUT2D eigenvalue weighted by atomic mass is 32.2. The van der Waals surface area contributed by atoms with Gasteiger partial charge in [-0.25, -0.2) is 12.7 Å². The quantitative estimate of drug-likeness (QED) is 0.472. The third kappa shape index (κ3) is 4.83. The first-order valence-corrected chi connectivity index (χ1v) is 13.1. The second kappa shape index (κ2) is 9.67. The number of nitrogens with two attached hydrogens (primary N) is 1. The topological polar surface area (TPSA) is 108 Å². The molecule has 4 N–H and O–H groups in total. The number of hydrogen-bond acceptors (Lipinski definition) is 4. The molecule has 176 valence electrons. The highest BCUT2D eigenvalue weighted by molar-refractivity contribution is 7.89. The SMILES string of the molecule is CCS(=O)(=O)N1CCC(c2c[nH]c3c(C(N)=O)cc(-c4ccc(CCNC)cc4)cc23)CC1. The number of primary amides is 1. The number of nitrogens with zero attached hydrogens (tertiary/aromatic N) is 1. The molecule has 0 atom stereocenters. The van der Waals surface area contributed by atoms with Gasteiger partial charge in [-0.05, 0) is 80.1 Å². The normalized spacial score (nSPS) is 15.8. The molecule has 1 amide bonds. The van der Waals surface area contributed by atoms with Gasteiger partial charge in [0.05, 0.1) is 16.8 Å². The molecule has 1 fully saturated rings. The maximum Gasteiger partial charge on any atom is 0.250 e. The first-order chi connectivity index (χ1) is 15.8. The molecule has 1 saturated heterocycles. The molecule has 2 aromatic carbocycles. The summed E-state index contributed by atoms with van der Waals surface area (Å²) in [7, 11) is -1.23. The van der Waals surface area contributed by atoms with Gasteiger partial charge in [0, 0.05) is 24.7 Å². The molecule has 0 radical (unpaired) electrons. The maximum atomic E-state index is 12.3. The lowest BCUT2D eigenvalue weighted by molar-refractivity contribution is 0.100. The minimum atomic E-state index is -3.17. The number of likely N-dealkylation sites (N-methyl/N-ethyl adjacent to an activating group) is 1. The standard InChI is InChI=1S/C25H32N4O3S/c1-3-33(31,32)29-12-9-19(10-13-29)23-16-28-24-21(23)14-20(15-22(24)25(26)30)18-6-4-17(5-7-18)8-11-27-2/h4-7,14-16,19,27-28H,3,8-13H2,1-2H3,(H2,26,30).